The summed E-state index contributed by atoms with van der Waals surface area (Å²) in [6, 6.07) is 0. The van der Waals surface area contributed by atoms with Crippen molar-refractivity contribution in [2.24, 2.45) is 0 Å². The van der Waals surface area contributed by atoms with Crippen LogP contribution in [0.4, 0.5) is 0 Å². The zero-order chi connectivity index (χ0) is 29.6. The summed E-state index contributed by atoms with van der Waals surface area (Å²) in [7, 11) is -4.76. The maximum Gasteiger partial charge on any atom is 0.474 e. The minimum Gasteiger partial charge on any atom is -0.462 e. The fraction of sp³-hybridized carbons (Fsp3) is 0.968. The van der Waals surface area contributed by atoms with E-state index >= 15 is 0 Å². The number of phosphoric ester groups is 1. The first-order valence-electron chi connectivity index (χ1n) is 16.3. The van der Waals surface area contributed by atoms with Crippen LogP contribution in [0.15, 0.2) is 0 Å². The third-order valence-corrected chi connectivity index (χ3v) is 8.72. The monoisotopic (exact) mass is 578 g/mol. The molecule has 0 aromatic rings. The zero-order valence-corrected chi connectivity index (χ0v) is 27.4. The fourth-order valence-corrected chi connectivity index (χ4v) is 7.09. The van der Waals surface area contributed by atoms with Crippen molar-refractivity contribution in [3.63, 3.8) is 0 Å². The summed E-state index contributed by atoms with van der Waals surface area (Å²) in [6.07, 6.45) is 21.1. The highest BCUT2D eigenvalue weighted by Crippen LogP contribution is 2.48. The van der Waals surface area contributed by atoms with Gasteiger partial charge in [0, 0.05) is 13.8 Å². The summed E-state index contributed by atoms with van der Waals surface area (Å²) in [4.78, 5) is 31.8. The van der Waals surface area contributed by atoms with Gasteiger partial charge in [-0.15, -0.1) is 0 Å². The summed E-state index contributed by atoms with van der Waals surface area (Å²) in [5.74, 6) is -0.358. The number of phosphoric acid groups is 1. The van der Waals surface area contributed by atoms with Gasteiger partial charge in [0.15, 0.2) is 0 Å². The lowest BCUT2D eigenvalue weighted by Crippen LogP contribution is -2.66. The molecule has 0 heterocycles. The van der Waals surface area contributed by atoms with E-state index in [-0.39, 0.29) is 12.4 Å². The van der Waals surface area contributed by atoms with E-state index in [1.807, 2.05) is 6.92 Å². The largest absolute Gasteiger partial charge is 0.474 e. The average Bonchev–Trinajstić information content (AvgIpc) is 2.83. The van der Waals surface area contributed by atoms with Crippen LogP contribution in [0.2, 0.25) is 0 Å². The predicted molar refractivity (Wildman–Crippen MR) is 162 cm³/mol. The van der Waals surface area contributed by atoms with Gasteiger partial charge < -0.3 is 14.5 Å². The van der Waals surface area contributed by atoms with Gasteiger partial charge in [-0.05, 0) is 32.1 Å². The third-order valence-electron chi connectivity index (χ3n) is 8.09. The number of nitrogens with zero attached hydrogens (tertiary/aromatic N) is 1. The van der Waals surface area contributed by atoms with Crippen molar-refractivity contribution >= 4 is 13.8 Å². The zero-order valence-electron chi connectivity index (χ0n) is 26.6. The molecule has 0 spiro atoms. The Hall–Kier alpha value is -0.460. The van der Waals surface area contributed by atoms with Crippen LogP contribution in [0.3, 0.4) is 0 Å². The van der Waals surface area contributed by atoms with Crippen LogP contribution >= 0.6 is 7.82 Å². The maximum atomic E-state index is 12.2. The first-order chi connectivity index (χ1) is 18.5. The molecule has 2 N–H and O–H groups in total. The van der Waals surface area contributed by atoms with Crippen molar-refractivity contribution in [1.29, 1.82) is 0 Å². The van der Waals surface area contributed by atoms with Crippen LogP contribution in [-0.2, 0) is 18.6 Å². The second kappa shape index (κ2) is 22.2. The quantitative estimate of drug-likeness (QED) is 0.0332. The Kier molecular flexibility index (Phi) is 21.9. The van der Waals surface area contributed by atoms with Gasteiger partial charge in [-0.2, -0.15) is 0 Å². The smallest absolute Gasteiger partial charge is 0.462 e. The number of ether oxygens (including phenoxy) is 1. The molecule has 234 valence electrons. The first kappa shape index (κ1) is 38.5. The normalized spacial score (nSPS) is 14.8. The fourth-order valence-electron chi connectivity index (χ4n) is 6.33. The maximum absolute atomic E-state index is 12.2. The van der Waals surface area contributed by atoms with Crippen LogP contribution in [0.5, 0.6) is 0 Å². The lowest BCUT2D eigenvalue weighted by Gasteiger charge is -2.51. The molecule has 0 amide bonds. The SMILES string of the molecule is CCCCCCCCCCCCCCCCC(CC(C)(OP(=O)(O)O)[N+](CCC)(CCC)CCC)OC(C)=O. The lowest BCUT2D eigenvalue weighted by atomic mass is 9.96. The number of hydrogen-bond acceptors (Lipinski definition) is 4. The molecule has 0 fully saturated rings. The minimum absolute atomic E-state index is 0.274. The van der Waals surface area contributed by atoms with Crippen molar-refractivity contribution in [3.8, 4) is 0 Å². The van der Waals surface area contributed by atoms with Crippen molar-refractivity contribution in [2.45, 2.75) is 175 Å². The summed E-state index contributed by atoms with van der Waals surface area (Å²) >= 11 is 0. The number of esters is 1. The summed E-state index contributed by atoms with van der Waals surface area (Å²) in [5, 5.41) is 0. The Balaban J connectivity index is 4.92. The predicted octanol–water partition coefficient (Wildman–Crippen LogP) is 9.05. The Labute approximate surface area is 241 Å². The molecule has 2 unspecified atom stereocenters. The van der Waals surface area contributed by atoms with E-state index in [1.165, 1.54) is 84.0 Å². The van der Waals surface area contributed by atoms with Crippen molar-refractivity contribution in [2.75, 3.05) is 19.6 Å². The van der Waals surface area contributed by atoms with E-state index in [4.69, 9.17) is 9.26 Å². The van der Waals surface area contributed by atoms with Crippen LogP contribution in [0, 0.1) is 0 Å². The van der Waals surface area contributed by atoms with Gasteiger partial charge in [0.25, 0.3) is 0 Å². The van der Waals surface area contributed by atoms with Gasteiger partial charge in [0.1, 0.15) is 6.10 Å². The molecule has 0 aromatic carbocycles. The van der Waals surface area contributed by atoms with Crippen LogP contribution in [0.25, 0.3) is 0 Å². The van der Waals surface area contributed by atoms with Crippen molar-refractivity contribution in [3.05, 3.63) is 0 Å². The number of hydrogen-bond donors (Lipinski definition) is 2. The van der Waals surface area contributed by atoms with Crippen LogP contribution in [-0.4, -0.2) is 51.7 Å². The van der Waals surface area contributed by atoms with E-state index in [0.29, 0.717) is 10.9 Å². The van der Waals surface area contributed by atoms with E-state index in [9.17, 15) is 19.1 Å². The molecule has 8 heteroatoms. The second-order valence-corrected chi connectivity index (χ2v) is 13.1. The molecule has 7 nitrogen and oxygen atoms in total. The van der Waals surface area contributed by atoms with Crippen molar-refractivity contribution < 1.29 is 32.9 Å². The number of carbonyl (C=O) groups excluding carboxylic acids is 1. The molecule has 2 atom stereocenters. The lowest BCUT2D eigenvalue weighted by molar-refractivity contribution is -0.995. The highest BCUT2D eigenvalue weighted by atomic mass is 31.2. The Morgan fingerprint density at radius 3 is 1.44 bits per heavy atom. The molecule has 0 aromatic heterocycles. The van der Waals surface area contributed by atoms with Gasteiger partial charge >= 0.3 is 13.8 Å². The number of quaternary nitrogens is 1. The van der Waals surface area contributed by atoms with Gasteiger partial charge in [0.05, 0.1) is 26.1 Å². The van der Waals surface area contributed by atoms with Gasteiger partial charge in [0.2, 0.25) is 5.72 Å². The Morgan fingerprint density at radius 1 is 0.718 bits per heavy atom. The average molecular weight is 579 g/mol. The molecular formula is C31H65NO6P+. The molecule has 0 aliphatic heterocycles. The highest BCUT2D eigenvalue weighted by Gasteiger charge is 2.52. The number of carbonyl (C=O) groups is 1. The molecule has 39 heavy (non-hydrogen) atoms. The molecule has 0 rings (SSSR count). The Bertz CT molecular complexity index is 638. The first-order valence-corrected chi connectivity index (χ1v) is 17.8. The standard InChI is InChI=1S/C31H64NO6P/c1-7-11-12-13-14-15-16-17-18-19-20-21-22-23-24-30(37-29(5)33)28-31(6,38-39(34,35)36)32(25-8-2,26-9-3)27-10-4/h30H,7-28H2,1-6H3,(H-,34,35,36)/p+1. The van der Waals surface area contributed by atoms with Crippen molar-refractivity contribution in [1.82, 2.24) is 0 Å². The third kappa shape index (κ3) is 17.9. The summed E-state index contributed by atoms with van der Waals surface area (Å²) < 4.78 is 24.0. The molecule has 0 aliphatic carbocycles. The molecular weight excluding hydrogens is 513 g/mol. The summed E-state index contributed by atoms with van der Waals surface area (Å²) in [6.45, 7) is 14.0. The molecule has 0 aliphatic rings. The highest BCUT2D eigenvalue weighted by molar-refractivity contribution is 7.46. The Morgan fingerprint density at radius 2 is 1.10 bits per heavy atom. The number of unbranched alkanes of at least 4 members (excludes halogenated alkanes) is 13. The van der Waals surface area contributed by atoms with E-state index in [2.05, 4.69) is 27.7 Å². The molecule has 0 saturated heterocycles. The topological polar surface area (TPSA) is 93.1 Å². The number of rotatable bonds is 27. The minimum atomic E-state index is -4.76. The van der Waals surface area contributed by atoms with E-state index < -0.39 is 19.7 Å². The van der Waals surface area contributed by atoms with Crippen LogP contribution < -0.4 is 0 Å². The summed E-state index contributed by atoms with van der Waals surface area (Å²) in [5.41, 5.74) is -1.16. The second-order valence-electron chi connectivity index (χ2n) is 11.9. The van der Waals surface area contributed by atoms with E-state index in [0.717, 1.165) is 51.7 Å². The van der Waals surface area contributed by atoms with E-state index in [1.54, 1.807) is 0 Å². The van der Waals surface area contributed by atoms with Gasteiger partial charge in [-0.1, -0.05) is 111 Å². The molecule has 0 saturated carbocycles. The van der Waals surface area contributed by atoms with Gasteiger partial charge in [-0.25, -0.2) is 9.09 Å². The molecule has 0 bridgehead atoms. The van der Waals surface area contributed by atoms with Gasteiger partial charge in [-0.3, -0.25) is 9.28 Å². The molecule has 0 radical (unpaired) electrons. The van der Waals surface area contributed by atoms with Crippen LogP contribution in [0.1, 0.15) is 164 Å².